The largest absolute Gasteiger partial charge is 0.481 e. The van der Waals surface area contributed by atoms with E-state index in [4.69, 9.17) is 5.73 Å². The van der Waals surface area contributed by atoms with Crippen LogP contribution in [0.25, 0.3) is 10.9 Å². The van der Waals surface area contributed by atoms with E-state index in [1.807, 2.05) is 55.9 Å². The van der Waals surface area contributed by atoms with Crippen molar-refractivity contribution in [2.75, 3.05) is 0 Å². The van der Waals surface area contributed by atoms with Crippen molar-refractivity contribution in [2.24, 2.45) is 24.6 Å². The fourth-order valence-electron chi connectivity index (χ4n) is 2.69. The Kier molecular flexibility index (Phi) is 3.62. The van der Waals surface area contributed by atoms with Crippen molar-refractivity contribution >= 4 is 16.9 Å². The molecule has 2 unspecified atom stereocenters. The van der Waals surface area contributed by atoms with E-state index in [0.29, 0.717) is 0 Å². The number of hydrogen-bond donors (Lipinski definition) is 2. The van der Waals surface area contributed by atoms with Crippen molar-refractivity contribution < 1.29 is 9.90 Å². The molecule has 4 heteroatoms. The number of carboxylic acids is 1. The van der Waals surface area contributed by atoms with Gasteiger partial charge in [0, 0.05) is 30.2 Å². The molecule has 4 nitrogen and oxygen atoms in total. The fourth-order valence-corrected chi connectivity index (χ4v) is 2.69. The molecular weight excluding hydrogens is 240 g/mol. The predicted molar refractivity (Wildman–Crippen MR) is 75.8 cm³/mol. The summed E-state index contributed by atoms with van der Waals surface area (Å²) in [5.74, 6) is -1.42. The zero-order valence-corrected chi connectivity index (χ0v) is 11.5. The van der Waals surface area contributed by atoms with Crippen LogP contribution in [0.1, 0.15) is 25.5 Å². The van der Waals surface area contributed by atoms with Crippen molar-refractivity contribution in [2.45, 2.75) is 19.9 Å². The summed E-state index contributed by atoms with van der Waals surface area (Å²) in [6.07, 6.45) is 1.94. The number of aromatic nitrogens is 1. The van der Waals surface area contributed by atoms with E-state index in [1.165, 1.54) is 0 Å². The lowest BCUT2D eigenvalue weighted by Gasteiger charge is -2.23. The Labute approximate surface area is 112 Å². The van der Waals surface area contributed by atoms with Gasteiger partial charge >= 0.3 is 5.97 Å². The standard InChI is InChI=1S/C15H20N2O2/c1-9(2)13(15(18)19)14(16)11-8-17(3)12-7-5-4-6-10(11)12/h4-9,13-14H,16H2,1-3H3,(H,18,19). The smallest absolute Gasteiger partial charge is 0.308 e. The predicted octanol–water partition coefficient (Wildman–Crippen LogP) is 2.53. The van der Waals surface area contributed by atoms with E-state index in [0.717, 1.165) is 16.5 Å². The topological polar surface area (TPSA) is 68.2 Å². The summed E-state index contributed by atoms with van der Waals surface area (Å²) >= 11 is 0. The highest BCUT2D eigenvalue weighted by Gasteiger charge is 2.31. The van der Waals surface area contributed by atoms with Crippen LogP contribution in [-0.4, -0.2) is 15.6 Å². The molecular formula is C15H20N2O2. The minimum absolute atomic E-state index is 0.00790. The number of para-hydroxylation sites is 1. The zero-order chi connectivity index (χ0) is 14.2. The number of rotatable bonds is 4. The van der Waals surface area contributed by atoms with Crippen LogP contribution in [0.15, 0.2) is 30.5 Å². The summed E-state index contributed by atoms with van der Waals surface area (Å²) in [6, 6.07) is 7.42. The molecule has 0 spiro atoms. The normalized spacial score (nSPS) is 14.8. The number of fused-ring (bicyclic) bond motifs is 1. The summed E-state index contributed by atoms with van der Waals surface area (Å²) < 4.78 is 1.99. The van der Waals surface area contributed by atoms with Crippen molar-refractivity contribution in [3.8, 4) is 0 Å². The fraction of sp³-hybridized carbons (Fsp3) is 0.400. The molecule has 1 aromatic carbocycles. The monoisotopic (exact) mass is 260 g/mol. The van der Waals surface area contributed by atoms with Gasteiger partial charge in [0.2, 0.25) is 0 Å². The first-order chi connectivity index (χ1) is 8.93. The average molecular weight is 260 g/mol. The van der Waals surface area contributed by atoms with Crippen LogP contribution in [0.5, 0.6) is 0 Å². The molecule has 3 N–H and O–H groups in total. The Bertz CT molecular complexity index is 601. The summed E-state index contributed by atoms with van der Waals surface area (Å²) in [5.41, 5.74) is 8.20. The molecule has 19 heavy (non-hydrogen) atoms. The van der Waals surface area contributed by atoms with Crippen LogP contribution in [0.3, 0.4) is 0 Å². The van der Waals surface area contributed by atoms with Crippen LogP contribution < -0.4 is 5.73 Å². The lowest BCUT2D eigenvalue weighted by molar-refractivity contribution is -0.144. The van der Waals surface area contributed by atoms with Crippen LogP contribution >= 0.6 is 0 Å². The SMILES string of the molecule is CC(C)C(C(=O)O)C(N)c1cn(C)c2ccccc12. The van der Waals surface area contributed by atoms with E-state index < -0.39 is 17.9 Å². The number of nitrogens with zero attached hydrogens (tertiary/aromatic N) is 1. The van der Waals surface area contributed by atoms with E-state index in [-0.39, 0.29) is 5.92 Å². The second kappa shape index (κ2) is 5.05. The van der Waals surface area contributed by atoms with Gasteiger partial charge in [-0.1, -0.05) is 32.0 Å². The van der Waals surface area contributed by atoms with Gasteiger partial charge in [0.25, 0.3) is 0 Å². The van der Waals surface area contributed by atoms with Crippen molar-refractivity contribution in [3.63, 3.8) is 0 Å². The van der Waals surface area contributed by atoms with Crippen LogP contribution in [0, 0.1) is 11.8 Å². The lowest BCUT2D eigenvalue weighted by Crippen LogP contribution is -2.32. The first-order valence-electron chi connectivity index (χ1n) is 6.45. The zero-order valence-electron chi connectivity index (χ0n) is 11.5. The van der Waals surface area contributed by atoms with Gasteiger partial charge in [0.05, 0.1) is 5.92 Å². The number of hydrogen-bond acceptors (Lipinski definition) is 2. The van der Waals surface area contributed by atoms with Crippen molar-refractivity contribution in [1.29, 1.82) is 0 Å². The minimum atomic E-state index is -0.838. The van der Waals surface area contributed by atoms with E-state index in [1.54, 1.807) is 0 Å². The summed E-state index contributed by atoms with van der Waals surface area (Å²) in [4.78, 5) is 11.4. The maximum atomic E-state index is 11.4. The van der Waals surface area contributed by atoms with Gasteiger partial charge < -0.3 is 15.4 Å². The summed E-state index contributed by atoms with van der Waals surface area (Å²) in [7, 11) is 1.95. The number of aryl methyl sites for hydroxylation is 1. The third kappa shape index (κ3) is 2.36. The number of carbonyl (C=O) groups is 1. The number of benzene rings is 1. The van der Waals surface area contributed by atoms with Crippen LogP contribution in [0.4, 0.5) is 0 Å². The Morgan fingerprint density at radius 2 is 1.95 bits per heavy atom. The molecule has 2 aromatic rings. The third-order valence-corrected chi connectivity index (χ3v) is 3.68. The molecule has 0 aliphatic carbocycles. The van der Waals surface area contributed by atoms with Gasteiger partial charge in [-0.05, 0) is 17.5 Å². The molecule has 0 radical (unpaired) electrons. The summed E-state index contributed by atoms with van der Waals surface area (Å²) in [6.45, 7) is 3.79. The molecule has 102 valence electrons. The highest BCUT2D eigenvalue weighted by Crippen LogP contribution is 2.32. The lowest BCUT2D eigenvalue weighted by atomic mass is 9.85. The van der Waals surface area contributed by atoms with Gasteiger partial charge in [-0.3, -0.25) is 4.79 Å². The second-order valence-electron chi connectivity index (χ2n) is 5.35. The molecule has 1 aromatic heterocycles. The number of nitrogens with two attached hydrogens (primary N) is 1. The molecule has 0 saturated heterocycles. The van der Waals surface area contributed by atoms with Crippen molar-refractivity contribution in [1.82, 2.24) is 4.57 Å². The molecule has 0 saturated carbocycles. The van der Waals surface area contributed by atoms with Gasteiger partial charge in [0.1, 0.15) is 0 Å². The molecule has 2 atom stereocenters. The number of carboxylic acid groups (broad SMARTS) is 1. The van der Waals surface area contributed by atoms with Gasteiger partial charge in [-0.15, -0.1) is 0 Å². The molecule has 2 rings (SSSR count). The Balaban J connectivity index is 2.52. The Morgan fingerprint density at radius 1 is 1.32 bits per heavy atom. The number of aliphatic carboxylic acids is 1. The minimum Gasteiger partial charge on any atom is -0.481 e. The van der Waals surface area contributed by atoms with Crippen molar-refractivity contribution in [3.05, 3.63) is 36.0 Å². The highest BCUT2D eigenvalue weighted by molar-refractivity contribution is 5.85. The third-order valence-electron chi connectivity index (χ3n) is 3.68. The quantitative estimate of drug-likeness (QED) is 0.887. The molecule has 0 fully saturated rings. The van der Waals surface area contributed by atoms with E-state index in [2.05, 4.69) is 0 Å². The van der Waals surface area contributed by atoms with Gasteiger partial charge in [-0.25, -0.2) is 0 Å². The molecule has 0 aliphatic rings. The average Bonchev–Trinajstić information content (AvgIpc) is 2.66. The molecule has 0 aliphatic heterocycles. The van der Waals surface area contributed by atoms with E-state index in [9.17, 15) is 9.90 Å². The van der Waals surface area contributed by atoms with Gasteiger partial charge in [0.15, 0.2) is 0 Å². The maximum Gasteiger partial charge on any atom is 0.308 e. The Morgan fingerprint density at radius 3 is 2.53 bits per heavy atom. The van der Waals surface area contributed by atoms with Crippen LogP contribution in [0.2, 0.25) is 0 Å². The molecule has 1 heterocycles. The first kappa shape index (κ1) is 13.6. The molecule has 0 bridgehead atoms. The second-order valence-corrected chi connectivity index (χ2v) is 5.35. The highest BCUT2D eigenvalue weighted by atomic mass is 16.4. The van der Waals surface area contributed by atoms with Crippen LogP contribution in [-0.2, 0) is 11.8 Å². The van der Waals surface area contributed by atoms with E-state index >= 15 is 0 Å². The first-order valence-corrected chi connectivity index (χ1v) is 6.45. The van der Waals surface area contributed by atoms with Gasteiger partial charge in [-0.2, -0.15) is 0 Å². The summed E-state index contributed by atoms with van der Waals surface area (Å²) in [5, 5.41) is 10.4. The Hall–Kier alpha value is -1.81. The molecule has 0 amide bonds. The maximum absolute atomic E-state index is 11.4.